The van der Waals surface area contributed by atoms with Gasteiger partial charge in [-0.3, -0.25) is 30.1 Å². The van der Waals surface area contributed by atoms with Crippen LogP contribution in [0.4, 0.5) is 4.79 Å². The SMILES string of the molecule is CC1(C2CC2)NC(=O)N(CC(=O)NNC(=O)c2ccc3c(c2)CCC3)C1=O. The molecule has 142 valence electrons. The third-order valence-corrected chi connectivity index (χ3v) is 5.67. The number of hydrogen-bond acceptors (Lipinski definition) is 4. The first-order chi connectivity index (χ1) is 12.9. The van der Waals surface area contributed by atoms with Crippen LogP contribution in [0.2, 0.25) is 0 Å². The number of rotatable bonds is 4. The molecule has 0 spiro atoms. The zero-order valence-electron chi connectivity index (χ0n) is 15.1. The predicted octanol–water partition coefficient (Wildman–Crippen LogP) is 0.657. The summed E-state index contributed by atoms with van der Waals surface area (Å²) in [4.78, 5) is 49.8. The second-order valence-electron chi connectivity index (χ2n) is 7.64. The molecule has 27 heavy (non-hydrogen) atoms. The van der Waals surface area contributed by atoms with E-state index in [2.05, 4.69) is 16.2 Å². The molecule has 8 nitrogen and oxygen atoms in total. The van der Waals surface area contributed by atoms with E-state index in [1.807, 2.05) is 12.1 Å². The molecule has 3 aliphatic rings. The van der Waals surface area contributed by atoms with Crippen LogP contribution in [-0.4, -0.2) is 40.7 Å². The van der Waals surface area contributed by atoms with Gasteiger partial charge in [0.25, 0.3) is 17.7 Å². The molecule has 4 rings (SSSR count). The lowest BCUT2D eigenvalue weighted by molar-refractivity contribution is -0.135. The summed E-state index contributed by atoms with van der Waals surface area (Å²) >= 11 is 0. The van der Waals surface area contributed by atoms with E-state index in [0.29, 0.717) is 5.56 Å². The molecule has 1 aromatic rings. The lowest BCUT2D eigenvalue weighted by Gasteiger charge is -2.20. The number of nitrogens with zero attached hydrogens (tertiary/aromatic N) is 1. The highest BCUT2D eigenvalue weighted by atomic mass is 16.2. The molecule has 1 aromatic carbocycles. The molecule has 1 heterocycles. The van der Waals surface area contributed by atoms with Gasteiger partial charge in [0, 0.05) is 5.56 Å². The maximum Gasteiger partial charge on any atom is 0.325 e. The first kappa shape index (κ1) is 17.5. The van der Waals surface area contributed by atoms with Gasteiger partial charge in [0.15, 0.2) is 0 Å². The molecule has 0 bridgehead atoms. The summed E-state index contributed by atoms with van der Waals surface area (Å²) in [5, 5.41) is 2.68. The summed E-state index contributed by atoms with van der Waals surface area (Å²) in [5.74, 6) is -1.33. The van der Waals surface area contributed by atoms with E-state index >= 15 is 0 Å². The Morgan fingerprint density at radius 3 is 2.67 bits per heavy atom. The number of benzene rings is 1. The minimum atomic E-state index is -0.926. The van der Waals surface area contributed by atoms with Gasteiger partial charge in [-0.1, -0.05) is 6.07 Å². The first-order valence-electron chi connectivity index (χ1n) is 9.23. The third-order valence-electron chi connectivity index (χ3n) is 5.67. The van der Waals surface area contributed by atoms with Crippen LogP contribution in [0, 0.1) is 5.92 Å². The van der Waals surface area contributed by atoms with Crippen molar-refractivity contribution in [2.75, 3.05) is 6.54 Å². The first-order valence-corrected chi connectivity index (χ1v) is 9.23. The van der Waals surface area contributed by atoms with Crippen molar-refractivity contribution in [3.05, 3.63) is 34.9 Å². The van der Waals surface area contributed by atoms with Crippen molar-refractivity contribution in [3.63, 3.8) is 0 Å². The lowest BCUT2D eigenvalue weighted by Crippen LogP contribution is -2.49. The van der Waals surface area contributed by atoms with Crippen molar-refractivity contribution in [2.45, 2.75) is 44.6 Å². The molecule has 8 heteroatoms. The Balaban J connectivity index is 1.32. The van der Waals surface area contributed by atoms with E-state index in [0.717, 1.165) is 42.6 Å². The monoisotopic (exact) mass is 370 g/mol. The molecule has 2 fully saturated rings. The minimum Gasteiger partial charge on any atom is -0.323 e. The molecule has 1 saturated carbocycles. The molecule has 1 unspecified atom stereocenters. The van der Waals surface area contributed by atoms with Crippen LogP contribution >= 0.6 is 0 Å². The van der Waals surface area contributed by atoms with Gasteiger partial charge in [-0.15, -0.1) is 0 Å². The van der Waals surface area contributed by atoms with E-state index in [1.165, 1.54) is 5.56 Å². The van der Waals surface area contributed by atoms with Gasteiger partial charge in [0.2, 0.25) is 0 Å². The van der Waals surface area contributed by atoms with Crippen molar-refractivity contribution < 1.29 is 19.2 Å². The van der Waals surface area contributed by atoms with Gasteiger partial charge in [-0.05, 0) is 68.2 Å². The lowest BCUT2D eigenvalue weighted by atomic mass is 9.96. The fourth-order valence-electron chi connectivity index (χ4n) is 3.89. The Morgan fingerprint density at radius 2 is 1.93 bits per heavy atom. The summed E-state index contributed by atoms with van der Waals surface area (Å²) < 4.78 is 0. The Kier molecular flexibility index (Phi) is 4.13. The number of amides is 5. The Morgan fingerprint density at radius 1 is 1.19 bits per heavy atom. The summed E-state index contributed by atoms with van der Waals surface area (Å²) in [6, 6.07) is 4.92. The molecule has 1 saturated heterocycles. The number of aryl methyl sites for hydroxylation is 2. The van der Waals surface area contributed by atoms with E-state index in [4.69, 9.17) is 0 Å². The average Bonchev–Trinajstić information content (AvgIpc) is 3.36. The molecule has 3 N–H and O–H groups in total. The maximum atomic E-state index is 12.5. The number of carbonyl (C=O) groups is 4. The van der Waals surface area contributed by atoms with Gasteiger partial charge in [0.05, 0.1) is 0 Å². The molecule has 0 radical (unpaired) electrons. The Labute approximate surface area is 156 Å². The largest absolute Gasteiger partial charge is 0.325 e. The van der Waals surface area contributed by atoms with Crippen molar-refractivity contribution in [1.82, 2.24) is 21.1 Å². The summed E-state index contributed by atoms with van der Waals surface area (Å²) in [6.45, 7) is 1.26. The van der Waals surface area contributed by atoms with Crippen LogP contribution in [0.25, 0.3) is 0 Å². The van der Waals surface area contributed by atoms with Crippen molar-refractivity contribution >= 4 is 23.8 Å². The zero-order chi connectivity index (χ0) is 19.2. The molecular formula is C19H22N4O4. The number of imide groups is 1. The fraction of sp³-hybridized carbons (Fsp3) is 0.474. The fourth-order valence-corrected chi connectivity index (χ4v) is 3.89. The molecule has 2 aliphatic carbocycles. The van der Waals surface area contributed by atoms with Gasteiger partial charge in [0.1, 0.15) is 12.1 Å². The predicted molar refractivity (Wildman–Crippen MR) is 95.4 cm³/mol. The minimum absolute atomic E-state index is 0.126. The van der Waals surface area contributed by atoms with Crippen molar-refractivity contribution in [3.8, 4) is 0 Å². The number of carbonyl (C=O) groups excluding carboxylic acids is 4. The Hall–Kier alpha value is -2.90. The Bertz CT molecular complexity index is 848. The van der Waals surface area contributed by atoms with Crippen molar-refractivity contribution in [2.24, 2.45) is 5.92 Å². The van der Waals surface area contributed by atoms with Crippen LogP contribution in [0.3, 0.4) is 0 Å². The van der Waals surface area contributed by atoms with E-state index in [1.54, 1.807) is 13.0 Å². The van der Waals surface area contributed by atoms with Crippen molar-refractivity contribution in [1.29, 1.82) is 0 Å². The van der Waals surface area contributed by atoms with Crippen LogP contribution in [0.1, 0.15) is 47.7 Å². The maximum absolute atomic E-state index is 12.5. The number of hydrazine groups is 1. The molecule has 0 aromatic heterocycles. The summed E-state index contributed by atoms with van der Waals surface area (Å²) in [5.41, 5.74) is 6.57. The summed E-state index contributed by atoms with van der Waals surface area (Å²) in [6.07, 6.45) is 4.84. The number of fused-ring (bicyclic) bond motifs is 1. The van der Waals surface area contributed by atoms with Crippen LogP contribution < -0.4 is 16.2 Å². The van der Waals surface area contributed by atoms with Gasteiger partial charge in [-0.25, -0.2) is 4.79 Å². The zero-order valence-corrected chi connectivity index (χ0v) is 15.1. The number of nitrogens with one attached hydrogen (secondary N) is 3. The molecule has 1 atom stereocenters. The highest BCUT2D eigenvalue weighted by molar-refractivity contribution is 6.09. The van der Waals surface area contributed by atoms with E-state index < -0.39 is 35.8 Å². The topological polar surface area (TPSA) is 108 Å². The highest BCUT2D eigenvalue weighted by Gasteiger charge is 2.56. The standard InChI is InChI=1S/C19H22N4O4/c1-19(14-7-8-14)17(26)23(18(27)20-19)10-15(24)21-22-16(25)13-6-5-11-3-2-4-12(11)9-13/h5-6,9,14H,2-4,7-8,10H2,1H3,(H,20,27)(H,21,24)(H,22,25). The normalized spacial score (nSPS) is 23.8. The molecule has 5 amide bonds. The van der Waals surface area contributed by atoms with Crippen LogP contribution in [-0.2, 0) is 22.4 Å². The number of hydrogen-bond donors (Lipinski definition) is 3. The highest BCUT2D eigenvalue weighted by Crippen LogP contribution is 2.42. The second-order valence-corrected chi connectivity index (χ2v) is 7.64. The van der Waals surface area contributed by atoms with Crippen LogP contribution in [0.5, 0.6) is 0 Å². The quantitative estimate of drug-likeness (QED) is 0.534. The third kappa shape index (κ3) is 3.15. The van der Waals surface area contributed by atoms with Gasteiger partial charge in [-0.2, -0.15) is 0 Å². The van der Waals surface area contributed by atoms with E-state index in [9.17, 15) is 19.2 Å². The van der Waals surface area contributed by atoms with Gasteiger partial charge >= 0.3 is 6.03 Å². The number of urea groups is 1. The summed E-state index contributed by atoms with van der Waals surface area (Å²) in [7, 11) is 0. The average molecular weight is 370 g/mol. The smallest absolute Gasteiger partial charge is 0.323 e. The molecule has 1 aliphatic heterocycles. The second kappa shape index (κ2) is 6.37. The van der Waals surface area contributed by atoms with Gasteiger partial charge < -0.3 is 5.32 Å². The van der Waals surface area contributed by atoms with Crippen LogP contribution in [0.15, 0.2) is 18.2 Å². The van der Waals surface area contributed by atoms with E-state index in [-0.39, 0.29) is 5.92 Å². The molecular weight excluding hydrogens is 348 g/mol.